The summed E-state index contributed by atoms with van der Waals surface area (Å²) < 4.78 is 9.56. The van der Waals surface area contributed by atoms with Crippen LogP contribution in [0.1, 0.15) is 19.2 Å². The van der Waals surface area contributed by atoms with Crippen LogP contribution in [0.15, 0.2) is 22.7 Å². The van der Waals surface area contributed by atoms with Gasteiger partial charge in [-0.15, -0.1) is 0 Å². The summed E-state index contributed by atoms with van der Waals surface area (Å²) in [6.07, 6.45) is 0.179. The van der Waals surface area contributed by atoms with Gasteiger partial charge < -0.3 is 19.9 Å². The molecule has 9 heteroatoms. The van der Waals surface area contributed by atoms with Crippen molar-refractivity contribution >= 4 is 29.3 Å². The lowest BCUT2D eigenvalue weighted by molar-refractivity contribution is -0.116. The van der Waals surface area contributed by atoms with Gasteiger partial charge in [-0.1, -0.05) is 23.7 Å². The number of benzene rings is 1. The highest BCUT2D eigenvalue weighted by atomic mass is 35.5. The number of aromatic nitrogens is 2. The van der Waals surface area contributed by atoms with Crippen LogP contribution in [0.4, 0.5) is 10.5 Å². The van der Waals surface area contributed by atoms with Crippen molar-refractivity contribution < 1.29 is 18.8 Å². The molecule has 0 unspecified atom stereocenters. The second-order valence-electron chi connectivity index (χ2n) is 4.78. The lowest BCUT2D eigenvalue weighted by atomic mass is 10.2. The van der Waals surface area contributed by atoms with E-state index in [0.29, 0.717) is 34.4 Å². The zero-order chi connectivity index (χ0) is 17.5. The number of aryl methyl sites for hydroxylation is 1. The standard InChI is InChI=1S/C15H17ClN4O4/c1-3-12-19-14(24-20-12)9-4-5-11(10(16)8-9)18-13(21)6-7-17-15(22)23-2/h4-5,8H,3,6-7H2,1-2H3,(H,17,22)(H,18,21). The Morgan fingerprint density at radius 1 is 1.38 bits per heavy atom. The van der Waals surface area contributed by atoms with Crippen LogP contribution in [0.5, 0.6) is 0 Å². The molecule has 8 nitrogen and oxygen atoms in total. The van der Waals surface area contributed by atoms with Crippen molar-refractivity contribution in [3.8, 4) is 11.5 Å². The van der Waals surface area contributed by atoms with Crippen molar-refractivity contribution in [2.45, 2.75) is 19.8 Å². The molecule has 2 N–H and O–H groups in total. The molecule has 2 aromatic rings. The number of rotatable bonds is 6. The summed E-state index contributed by atoms with van der Waals surface area (Å²) in [6, 6.07) is 5.01. The number of alkyl carbamates (subject to hydrolysis) is 1. The Kier molecular flexibility index (Phi) is 6.14. The predicted octanol–water partition coefficient (Wildman–Crippen LogP) is 2.64. The highest BCUT2D eigenvalue weighted by Crippen LogP contribution is 2.28. The number of nitrogens with zero attached hydrogens (tertiary/aromatic N) is 2. The number of nitrogens with one attached hydrogen (secondary N) is 2. The first-order valence-electron chi connectivity index (χ1n) is 7.27. The van der Waals surface area contributed by atoms with E-state index in [0.717, 1.165) is 0 Å². The summed E-state index contributed by atoms with van der Waals surface area (Å²) in [5.41, 5.74) is 1.12. The Balaban J connectivity index is 1.97. The molecule has 24 heavy (non-hydrogen) atoms. The van der Waals surface area contributed by atoms with Gasteiger partial charge >= 0.3 is 6.09 Å². The summed E-state index contributed by atoms with van der Waals surface area (Å²) >= 11 is 6.18. The molecule has 1 heterocycles. The zero-order valence-electron chi connectivity index (χ0n) is 13.3. The summed E-state index contributed by atoms with van der Waals surface area (Å²) in [5, 5.41) is 9.26. The minimum atomic E-state index is -0.587. The molecule has 0 atom stereocenters. The molecule has 0 aliphatic heterocycles. The number of anilines is 1. The fourth-order valence-electron chi connectivity index (χ4n) is 1.83. The van der Waals surface area contributed by atoms with Gasteiger partial charge in [0, 0.05) is 24.9 Å². The SMILES string of the molecule is CCc1noc(-c2ccc(NC(=O)CCNC(=O)OC)c(Cl)c2)n1. The van der Waals surface area contributed by atoms with Crippen LogP contribution in [0.3, 0.4) is 0 Å². The monoisotopic (exact) mass is 352 g/mol. The third kappa shape index (κ3) is 4.69. The van der Waals surface area contributed by atoms with Crippen LogP contribution in [0.2, 0.25) is 5.02 Å². The largest absolute Gasteiger partial charge is 0.453 e. The van der Waals surface area contributed by atoms with Crippen molar-refractivity contribution in [1.29, 1.82) is 0 Å². The van der Waals surface area contributed by atoms with Crippen molar-refractivity contribution in [1.82, 2.24) is 15.5 Å². The molecule has 0 saturated heterocycles. The lowest BCUT2D eigenvalue weighted by Crippen LogP contribution is -2.27. The number of halogens is 1. The summed E-state index contributed by atoms with van der Waals surface area (Å²) in [6.45, 7) is 2.09. The van der Waals surface area contributed by atoms with Gasteiger partial charge in [0.2, 0.25) is 5.91 Å². The first-order valence-corrected chi connectivity index (χ1v) is 7.65. The number of carbonyl (C=O) groups is 2. The van der Waals surface area contributed by atoms with E-state index in [1.807, 2.05) is 6.92 Å². The van der Waals surface area contributed by atoms with Crippen molar-refractivity contribution in [3.63, 3.8) is 0 Å². The van der Waals surface area contributed by atoms with Crippen molar-refractivity contribution in [2.75, 3.05) is 19.0 Å². The van der Waals surface area contributed by atoms with E-state index in [1.165, 1.54) is 7.11 Å². The first kappa shape index (κ1) is 17.7. The van der Waals surface area contributed by atoms with Crippen molar-refractivity contribution in [2.24, 2.45) is 0 Å². The average molecular weight is 353 g/mol. The Hall–Kier alpha value is -2.61. The van der Waals surface area contributed by atoms with Gasteiger partial charge in [-0.05, 0) is 18.2 Å². The van der Waals surface area contributed by atoms with E-state index in [9.17, 15) is 9.59 Å². The number of carbonyl (C=O) groups excluding carboxylic acids is 2. The number of hydrogen-bond acceptors (Lipinski definition) is 6. The lowest BCUT2D eigenvalue weighted by Gasteiger charge is -2.08. The molecule has 2 amide bonds. The molecule has 0 aliphatic rings. The predicted molar refractivity (Wildman–Crippen MR) is 87.8 cm³/mol. The first-order chi connectivity index (χ1) is 11.5. The molecule has 0 fully saturated rings. The number of ether oxygens (including phenoxy) is 1. The van der Waals surface area contributed by atoms with Gasteiger partial charge in [0.15, 0.2) is 5.82 Å². The van der Waals surface area contributed by atoms with Gasteiger partial charge in [-0.2, -0.15) is 4.98 Å². The van der Waals surface area contributed by atoms with Gasteiger partial charge in [0.1, 0.15) is 0 Å². The van der Waals surface area contributed by atoms with Gasteiger partial charge in [-0.25, -0.2) is 4.79 Å². The number of hydrogen-bond donors (Lipinski definition) is 2. The fourth-order valence-corrected chi connectivity index (χ4v) is 2.06. The van der Waals surface area contributed by atoms with E-state index in [1.54, 1.807) is 18.2 Å². The van der Waals surface area contributed by atoms with Crippen LogP contribution in [-0.4, -0.2) is 35.8 Å². The minimum Gasteiger partial charge on any atom is -0.453 e. The normalized spacial score (nSPS) is 10.3. The van der Waals surface area contributed by atoms with E-state index < -0.39 is 6.09 Å². The van der Waals surface area contributed by atoms with Gasteiger partial charge in [0.05, 0.1) is 17.8 Å². The maximum Gasteiger partial charge on any atom is 0.406 e. The molecule has 2 rings (SSSR count). The molecule has 128 valence electrons. The summed E-state index contributed by atoms with van der Waals surface area (Å²) in [5.74, 6) is 0.692. The molecular weight excluding hydrogens is 336 g/mol. The maximum atomic E-state index is 11.8. The van der Waals surface area contributed by atoms with E-state index in [2.05, 4.69) is 25.5 Å². The van der Waals surface area contributed by atoms with Crippen LogP contribution >= 0.6 is 11.6 Å². The average Bonchev–Trinajstić information content (AvgIpc) is 3.05. The second-order valence-corrected chi connectivity index (χ2v) is 5.19. The second kappa shape index (κ2) is 8.30. The molecule has 0 bridgehead atoms. The zero-order valence-corrected chi connectivity index (χ0v) is 14.0. The Labute approximate surface area is 143 Å². The summed E-state index contributed by atoms with van der Waals surface area (Å²) in [7, 11) is 1.25. The molecule has 1 aromatic heterocycles. The van der Waals surface area contributed by atoms with Crippen molar-refractivity contribution in [3.05, 3.63) is 29.0 Å². The maximum absolute atomic E-state index is 11.8. The molecule has 1 aromatic carbocycles. The third-order valence-corrected chi connectivity index (χ3v) is 3.39. The Morgan fingerprint density at radius 2 is 2.17 bits per heavy atom. The van der Waals surface area contributed by atoms with E-state index in [-0.39, 0.29) is 18.9 Å². The van der Waals surface area contributed by atoms with Crippen LogP contribution in [0.25, 0.3) is 11.5 Å². The van der Waals surface area contributed by atoms with Crippen LogP contribution in [-0.2, 0) is 16.0 Å². The molecule has 0 radical (unpaired) electrons. The van der Waals surface area contributed by atoms with Gasteiger partial charge in [-0.3, -0.25) is 4.79 Å². The van der Waals surface area contributed by atoms with Crippen LogP contribution < -0.4 is 10.6 Å². The quantitative estimate of drug-likeness (QED) is 0.827. The highest BCUT2D eigenvalue weighted by Gasteiger charge is 2.12. The van der Waals surface area contributed by atoms with Crippen LogP contribution in [0, 0.1) is 0 Å². The molecule has 0 aliphatic carbocycles. The molecule has 0 spiro atoms. The molecular formula is C15H17ClN4O4. The minimum absolute atomic E-state index is 0.0939. The highest BCUT2D eigenvalue weighted by molar-refractivity contribution is 6.34. The summed E-state index contributed by atoms with van der Waals surface area (Å²) in [4.78, 5) is 26.9. The molecule has 0 saturated carbocycles. The third-order valence-electron chi connectivity index (χ3n) is 3.08. The fraction of sp³-hybridized carbons (Fsp3) is 0.333. The smallest absolute Gasteiger partial charge is 0.406 e. The van der Waals surface area contributed by atoms with E-state index >= 15 is 0 Å². The number of methoxy groups -OCH3 is 1. The topological polar surface area (TPSA) is 106 Å². The number of amides is 2. The Morgan fingerprint density at radius 3 is 2.79 bits per heavy atom. The Bertz CT molecular complexity index is 732. The van der Waals surface area contributed by atoms with Gasteiger partial charge in [0.25, 0.3) is 5.89 Å². The van der Waals surface area contributed by atoms with E-state index in [4.69, 9.17) is 16.1 Å².